The van der Waals surface area contributed by atoms with Crippen LogP contribution in [0.2, 0.25) is 0 Å². The highest BCUT2D eigenvalue weighted by Gasteiger charge is 2.11. The number of carbonyl (C=O) groups is 1. The average molecular weight is 365 g/mol. The van der Waals surface area contributed by atoms with E-state index in [9.17, 15) is 4.79 Å². The van der Waals surface area contributed by atoms with Gasteiger partial charge in [-0.05, 0) is 19.4 Å². The standard InChI is InChI=1S/C19H28N4O.ClH/c1-14(2)19(24)21-11-10-20-12-18-15(3)22-23(16(18)4)13-17-8-6-5-7-9-17;/h5-9,14,20H,10-13H2,1-4H3,(H,21,24);1H. The zero-order valence-corrected chi connectivity index (χ0v) is 16.3. The normalized spacial score (nSPS) is 10.6. The fraction of sp³-hybridized carbons (Fsp3) is 0.474. The maximum atomic E-state index is 11.5. The Bertz CT molecular complexity index is 668. The molecule has 0 aliphatic carbocycles. The number of nitrogens with zero attached hydrogens (tertiary/aromatic N) is 2. The van der Waals surface area contributed by atoms with Crippen molar-refractivity contribution in [3.8, 4) is 0 Å². The highest BCUT2D eigenvalue weighted by Crippen LogP contribution is 2.14. The topological polar surface area (TPSA) is 59.0 Å². The Morgan fingerprint density at radius 3 is 2.48 bits per heavy atom. The van der Waals surface area contributed by atoms with Crippen molar-refractivity contribution < 1.29 is 4.79 Å². The van der Waals surface area contributed by atoms with Gasteiger partial charge in [0, 0.05) is 36.8 Å². The van der Waals surface area contributed by atoms with E-state index >= 15 is 0 Å². The molecule has 2 N–H and O–H groups in total. The molecular weight excluding hydrogens is 336 g/mol. The lowest BCUT2D eigenvalue weighted by atomic mass is 10.2. The summed E-state index contributed by atoms with van der Waals surface area (Å²) in [5.74, 6) is 0.130. The molecule has 0 unspecified atom stereocenters. The van der Waals surface area contributed by atoms with E-state index in [4.69, 9.17) is 0 Å². The Kier molecular flexibility index (Phi) is 8.66. The number of aromatic nitrogens is 2. The van der Waals surface area contributed by atoms with Gasteiger partial charge in [-0.15, -0.1) is 12.4 Å². The number of hydrogen-bond acceptors (Lipinski definition) is 3. The predicted octanol–water partition coefficient (Wildman–Crippen LogP) is 2.83. The van der Waals surface area contributed by atoms with Gasteiger partial charge < -0.3 is 10.6 Å². The summed E-state index contributed by atoms with van der Waals surface area (Å²) < 4.78 is 2.06. The monoisotopic (exact) mass is 364 g/mol. The zero-order valence-electron chi connectivity index (χ0n) is 15.5. The lowest BCUT2D eigenvalue weighted by molar-refractivity contribution is -0.123. The van der Waals surface area contributed by atoms with Crippen LogP contribution in [0.3, 0.4) is 0 Å². The molecule has 0 atom stereocenters. The van der Waals surface area contributed by atoms with Crippen LogP contribution in [-0.4, -0.2) is 28.8 Å². The highest BCUT2D eigenvalue weighted by atomic mass is 35.5. The number of nitrogens with one attached hydrogen (secondary N) is 2. The molecule has 0 radical (unpaired) electrons. The maximum Gasteiger partial charge on any atom is 0.222 e. The summed E-state index contributed by atoms with van der Waals surface area (Å²) in [4.78, 5) is 11.5. The second-order valence-corrected chi connectivity index (χ2v) is 6.42. The molecule has 2 rings (SSSR count). The summed E-state index contributed by atoms with van der Waals surface area (Å²) in [6.45, 7) is 10.9. The molecule has 0 bridgehead atoms. The summed E-state index contributed by atoms with van der Waals surface area (Å²) in [7, 11) is 0. The second kappa shape index (κ2) is 10.2. The van der Waals surface area contributed by atoms with Crippen molar-refractivity contribution in [1.29, 1.82) is 0 Å². The van der Waals surface area contributed by atoms with Crippen LogP contribution in [0.4, 0.5) is 0 Å². The molecule has 0 saturated heterocycles. The highest BCUT2D eigenvalue weighted by molar-refractivity contribution is 5.85. The lowest BCUT2D eigenvalue weighted by Crippen LogP contribution is -2.34. The minimum Gasteiger partial charge on any atom is -0.355 e. The molecule has 138 valence electrons. The molecule has 0 aliphatic heterocycles. The first kappa shape index (κ1) is 21.2. The largest absolute Gasteiger partial charge is 0.355 e. The van der Waals surface area contributed by atoms with Crippen molar-refractivity contribution >= 4 is 18.3 Å². The van der Waals surface area contributed by atoms with Gasteiger partial charge in [0.05, 0.1) is 12.2 Å². The number of rotatable bonds is 8. The Morgan fingerprint density at radius 1 is 1.16 bits per heavy atom. The van der Waals surface area contributed by atoms with Crippen molar-refractivity contribution in [3.63, 3.8) is 0 Å². The van der Waals surface area contributed by atoms with Crippen LogP contribution in [0.15, 0.2) is 30.3 Å². The zero-order chi connectivity index (χ0) is 17.5. The summed E-state index contributed by atoms with van der Waals surface area (Å²) in [6, 6.07) is 10.4. The molecule has 6 heteroatoms. The molecule has 2 aromatic rings. The van der Waals surface area contributed by atoms with E-state index in [1.165, 1.54) is 16.8 Å². The van der Waals surface area contributed by atoms with E-state index in [0.29, 0.717) is 6.54 Å². The van der Waals surface area contributed by atoms with E-state index in [1.807, 2.05) is 26.8 Å². The molecule has 0 saturated carbocycles. The van der Waals surface area contributed by atoms with Gasteiger partial charge in [0.1, 0.15) is 0 Å². The van der Waals surface area contributed by atoms with Gasteiger partial charge >= 0.3 is 0 Å². The van der Waals surface area contributed by atoms with E-state index < -0.39 is 0 Å². The third kappa shape index (κ3) is 6.18. The summed E-state index contributed by atoms with van der Waals surface area (Å²) in [6.07, 6.45) is 0. The van der Waals surface area contributed by atoms with Crippen molar-refractivity contribution in [2.24, 2.45) is 5.92 Å². The van der Waals surface area contributed by atoms with E-state index in [1.54, 1.807) is 0 Å². The first-order valence-electron chi connectivity index (χ1n) is 8.54. The molecule has 0 aliphatic rings. The van der Waals surface area contributed by atoms with Crippen LogP contribution in [-0.2, 0) is 17.9 Å². The lowest BCUT2D eigenvalue weighted by Gasteiger charge is -2.09. The number of carbonyl (C=O) groups excluding carboxylic acids is 1. The molecule has 25 heavy (non-hydrogen) atoms. The summed E-state index contributed by atoms with van der Waals surface area (Å²) in [5, 5.41) is 11.0. The number of amides is 1. The van der Waals surface area contributed by atoms with Crippen molar-refractivity contribution in [2.45, 2.75) is 40.8 Å². The first-order chi connectivity index (χ1) is 11.5. The van der Waals surface area contributed by atoms with Gasteiger partial charge in [0.2, 0.25) is 5.91 Å². The Balaban J connectivity index is 0.00000312. The SMILES string of the molecule is Cc1nn(Cc2ccccc2)c(C)c1CNCCNC(=O)C(C)C.Cl. The smallest absolute Gasteiger partial charge is 0.222 e. The van der Waals surface area contributed by atoms with Crippen LogP contribution >= 0.6 is 12.4 Å². The molecule has 0 spiro atoms. The fourth-order valence-electron chi connectivity index (χ4n) is 2.59. The van der Waals surface area contributed by atoms with Gasteiger partial charge in [-0.25, -0.2) is 0 Å². The van der Waals surface area contributed by atoms with Gasteiger partial charge in [-0.2, -0.15) is 5.10 Å². The van der Waals surface area contributed by atoms with E-state index in [2.05, 4.69) is 51.6 Å². The molecule has 1 aromatic carbocycles. The minimum atomic E-state index is 0. The first-order valence-corrected chi connectivity index (χ1v) is 8.54. The van der Waals surface area contributed by atoms with Gasteiger partial charge in [0.25, 0.3) is 0 Å². The van der Waals surface area contributed by atoms with E-state index in [0.717, 1.165) is 25.3 Å². The molecule has 1 amide bonds. The Morgan fingerprint density at radius 2 is 1.84 bits per heavy atom. The van der Waals surface area contributed by atoms with Gasteiger partial charge in [0.15, 0.2) is 0 Å². The minimum absolute atomic E-state index is 0. The average Bonchev–Trinajstić information content (AvgIpc) is 2.82. The van der Waals surface area contributed by atoms with Crippen LogP contribution in [0.5, 0.6) is 0 Å². The molecular formula is C19H29ClN4O. The molecule has 1 aromatic heterocycles. The van der Waals surface area contributed by atoms with Crippen molar-refractivity contribution in [2.75, 3.05) is 13.1 Å². The van der Waals surface area contributed by atoms with Crippen LogP contribution in [0, 0.1) is 19.8 Å². The number of halogens is 1. The Hall–Kier alpha value is -1.85. The molecule has 1 heterocycles. The number of aryl methyl sites for hydroxylation is 1. The van der Waals surface area contributed by atoms with Crippen LogP contribution in [0.1, 0.15) is 36.4 Å². The molecule has 0 fully saturated rings. The van der Waals surface area contributed by atoms with E-state index in [-0.39, 0.29) is 24.2 Å². The number of benzene rings is 1. The summed E-state index contributed by atoms with van der Waals surface area (Å²) >= 11 is 0. The maximum absolute atomic E-state index is 11.5. The Labute approximate surface area is 156 Å². The van der Waals surface area contributed by atoms with Crippen LogP contribution < -0.4 is 10.6 Å². The van der Waals surface area contributed by atoms with Gasteiger partial charge in [-0.1, -0.05) is 44.2 Å². The third-order valence-electron chi connectivity index (χ3n) is 4.13. The quantitative estimate of drug-likeness (QED) is 0.708. The van der Waals surface area contributed by atoms with Crippen LogP contribution in [0.25, 0.3) is 0 Å². The third-order valence-corrected chi connectivity index (χ3v) is 4.13. The van der Waals surface area contributed by atoms with Crippen molar-refractivity contribution in [3.05, 3.63) is 52.8 Å². The predicted molar refractivity (Wildman–Crippen MR) is 104 cm³/mol. The second-order valence-electron chi connectivity index (χ2n) is 6.42. The number of hydrogen-bond donors (Lipinski definition) is 2. The fourth-order valence-corrected chi connectivity index (χ4v) is 2.59. The summed E-state index contributed by atoms with van der Waals surface area (Å²) in [5.41, 5.74) is 4.73. The van der Waals surface area contributed by atoms with Gasteiger partial charge in [-0.3, -0.25) is 9.48 Å². The van der Waals surface area contributed by atoms with Crippen molar-refractivity contribution in [1.82, 2.24) is 20.4 Å². The molecule has 5 nitrogen and oxygen atoms in total.